The van der Waals surface area contributed by atoms with Gasteiger partial charge in [-0.3, -0.25) is 9.69 Å². The van der Waals surface area contributed by atoms with E-state index >= 15 is 4.39 Å². The third kappa shape index (κ3) is 4.80. The molecule has 0 radical (unpaired) electrons. The first-order valence-electron chi connectivity index (χ1n) is 10.8. The van der Waals surface area contributed by atoms with Crippen LogP contribution in [0.15, 0.2) is 29.2 Å². The quantitative estimate of drug-likeness (QED) is 0.358. The average Bonchev–Trinajstić information content (AvgIpc) is 2.83. The summed E-state index contributed by atoms with van der Waals surface area (Å²) >= 11 is 6.58. The molecule has 3 aromatic rings. The van der Waals surface area contributed by atoms with Crippen LogP contribution in [0.5, 0.6) is 0 Å². The first kappa shape index (κ1) is 24.9. The predicted octanol–water partition coefficient (Wildman–Crippen LogP) is 2.44. The zero-order chi connectivity index (χ0) is 25.3. The molecule has 9 nitrogen and oxygen atoms in total. The molecule has 1 saturated heterocycles. The van der Waals surface area contributed by atoms with Crippen molar-refractivity contribution in [1.29, 1.82) is 0 Å². The van der Waals surface area contributed by atoms with Crippen molar-refractivity contribution in [1.82, 2.24) is 9.47 Å². The van der Waals surface area contributed by atoms with Gasteiger partial charge in [0, 0.05) is 37.9 Å². The lowest BCUT2D eigenvalue weighted by Gasteiger charge is -2.27. The number of nitrogens with zero attached hydrogens (tertiary/aromatic N) is 2. The van der Waals surface area contributed by atoms with Crippen LogP contribution in [0.3, 0.4) is 0 Å². The molecule has 2 heterocycles. The molecular weight excluding hydrogens is 486 g/mol. The van der Waals surface area contributed by atoms with Crippen LogP contribution < -0.4 is 16.5 Å². The number of pyridine rings is 1. The standard InChI is InChI=1S/C23H23ClF2N4O5/c24-19-20(28-1-2-29-3-5-35-6-4-29)16(26)8-13-21(19)30(10-14(22(13)32)23(33)34)18-9-17(27)15(25)7-12(18)11-31/h7-10,28,31H,1-6,11,27H2,(H,33,34). The molecule has 1 fully saturated rings. The first-order valence-corrected chi connectivity index (χ1v) is 11.1. The molecule has 0 atom stereocenters. The highest BCUT2D eigenvalue weighted by Crippen LogP contribution is 2.35. The fourth-order valence-corrected chi connectivity index (χ4v) is 4.40. The van der Waals surface area contributed by atoms with E-state index < -0.39 is 35.2 Å². The number of nitrogens with one attached hydrogen (secondary N) is 1. The Morgan fingerprint density at radius 2 is 1.91 bits per heavy atom. The molecule has 0 aliphatic carbocycles. The maximum atomic E-state index is 15.1. The number of anilines is 2. The van der Waals surface area contributed by atoms with E-state index in [0.717, 1.165) is 31.4 Å². The predicted molar refractivity (Wildman–Crippen MR) is 128 cm³/mol. The third-order valence-corrected chi connectivity index (χ3v) is 6.24. The number of nitrogen functional groups attached to an aromatic ring is 1. The van der Waals surface area contributed by atoms with Gasteiger partial charge in [-0.1, -0.05) is 11.6 Å². The van der Waals surface area contributed by atoms with E-state index in [1.54, 1.807) is 0 Å². The lowest BCUT2D eigenvalue weighted by Crippen LogP contribution is -2.39. The van der Waals surface area contributed by atoms with Crippen molar-refractivity contribution in [2.45, 2.75) is 6.61 Å². The van der Waals surface area contributed by atoms with Crippen LogP contribution in [0, 0.1) is 11.6 Å². The summed E-state index contributed by atoms with van der Waals surface area (Å²) in [7, 11) is 0. The number of aliphatic hydroxyl groups excluding tert-OH is 1. The highest BCUT2D eigenvalue weighted by atomic mass is 35.5. The van der Waals surface area contributed by atoms with E-state index in [9.17, 15) is 24.2 Å². The average molecular weight is 509 g/mol. The van der Waals surface area contributed by atoms with E-state index in [2.05, 4.69) is 10.2 Å². The molecule has 2 aromatic carbocycles. The summed E-state index contributed by atoms with van der Waals surface area (Å²) in [6.07, 6.45) is 1.00. The van der Waals surface area contributed by atoms with Gasteiger partial charge in [-0.25, -0.2) is 13.6 Å². The number of hydrogen-bond donors (Lipinski definition) is 4. The normalized spacial score (nSPS) is 14.4. The number of carboxylic acids is 1. The summed E-state index contributed by atoms with van der Waals surface area (Å²) < 4.78 is 35.6. The maximum absolute atomic E-state index is 15.1. The largest absolute Gasteiger partial charge is 0.477 e. The summed E-state index contributed by atoms with van der Waals surface area (Å²) in [5.74, 6) is -3.17. The second-order valence-electron chi connectivity index (χ2n) is 8.03. The molecule has 1 aliphatic heterocycles. The van der Waals surface area contributed by atoms with Crippen LogP contribution in [0.2, 0.25) is 5.02 Å². The third-order valence-electron chi connectivity index (χ3n) is 5.87. The Labute approximate surface area is 203 Å². The SMILES string of the molecule is Nc1cc(-n2cc(C(=O)O)c(=O)c3cc(F)c(NCCN4CCOCC4)c(Cl)c32)c(CO)cc1F. The van der Waals surface area contributed by atoms with Gasteiger partial charge in [0.25, 0.3) is 0 Å². The minimum absolute atomic E-state index is 0.0161. The number of carbonyl (C=O) groups is 1. The minimum atomic E-state index is -1.55. The van der Waals surface area contributed by atoms with Gasteiger partial charge >= 0.3 is 5.97 Å². The van der Waals surface area contributed by atoms with Crippen molar-refractivity contribution in [3.8, 4) is 5.69 Å². The maximum Gasteiger partial charge on any atom is 0.341 e. The molecule has 0 bridgehead atoms. The first-order chi connectivity index (χ1) is 16.7. The zero-order valence-electron chi connectivity index (χ0n) is 18.5. The molecule has 1 aliphatic rings. The fourth-order valence-electron chi connectivity index (χ4n) is 4.05. The molecule has 186 valence electrons. The number of nitrogens with two attached hydrogens (primary N) is 1. The van der Waals surface area contributed by atoms with Crippen LogP contribution in [-0.4, -0.2) is 65.0 Å². The molecule has 5 N–H and O–H groups in total. The molecule has 35 heavy (non-hydrogen) atoms. The molecule has 0 spiro atoms. The molecule has 12 heteroatoms. The Kier molecular flexibility index (Phi) is 7.22. The Hall–Kier alpha value is -3.25. The molecule has 0 saturated carbocycles. The number of aliphatic hydroxyl groups is 1. The Morgan fingerprint density at radius 3 is 2.57 bits per heavy atom. The summed E-state index contributed by atoms with van der Waals surface area (Å²) in [5, 5.41) is 21.8. The second-order valence-corrected chi connectivity index (χ2v) is 8.41. The Morgan fingerprint density at radius 1 is 1.20 bits per heavy atom. The summed E-state index contributed by atoms with van der Waals surface area (Å²) in [4.78, 5) is 26.8. The lowest BCUT2D eigenvalue weighted by molar-refractivity contribution is 0.0398. The van der Waals surface area contributed by atoms with Crippen molar-refractivity contribution in [3.63, 3.8) is 0 Å². The van der Waals surface area contributed by atoms with Crippen molar-refractivity contribution in [2.24, 2.45) is 0 Å². The fraction of sp³-hybridized carbons (Fsp3) is 0.304. The van der Waals surface area contributed by atoms with Gasteiger partial charge in [-0.15, -0.1) is 0 Å². The minimum Gasteiger partial charge on any atom is -0.477 e. The molecule has 4 rings (SSSR count). The van der Waals surface area contributed by atoms with Gasteiger partial charge in [0.15, 0.2) is 0 Å². The number of benzene rings is 2. The zero-order valence-corrected chi connectivity index (χ0v) is 19.2. The van der Waals surface area contributed by atoms with Crippen molar-refractivity contribution >= 4 is 39.8 Å². The second kappa shape index (κ2) is 10.2. The smallest absolute Gasteiger partial charge is 0.341 e. The summed E-state index contributed by atoms with van der Waals surface area (Å²) in [5.41, 5.74) is 3.89. The molecule has 0 amide bonds. The van der Waals surface area contributed by atoms with Crippen LogP contribution in [0.25, 0.3) is 16.6 Å². The van der Waals surface area contributed by atoms with E-state index in [1.807, 2.05) is 0 Å². The Balaban J connectivity index is 1.89. The van der Waals surface area contributed by atoms with Crippen molar-refractivity contribution in [2.75, 3.05) is 50.4 Å². The number of morpholine rings is 1. The van der Waals surface area contributed by atoms with Crippen molar-refractivity contribution in [3.05, 3.63) is 62.4 Å². The number of ether oxygens (including phenoxy) is 1. The molecule has 1 aromatic heterocycles. The summed E-state index contributed by atoms with van der Waals surface area (Å²) in [6, 6.07) is 3.09. The van der Waals surface area contributed by atoms with Gasteiger partial charge in [0.2, 0.25) is 5.43 Å². The number of rotatable bonds is 7. The molecular formula is C23H23ClF2N4O5. The van der Waals surface area contributed by atoms with Crippen LogP contribution in [0.1, 0.15) is 15.9 Å². The highest BCUT2D eigenvalue weighted by molar-refractivity contribution is 6.38. The van der Waals surface area contributed by atoms with Gasteiger partial charge in [-0.2, -0.15) is 0 Å². The van der Waals surface area contributed by atoms with E-state index in [4.69, 9.17) is 22.1 Å². The number of aromatic nitrogens is 1. The van der Waals surface area contributed by atoms with Crippen LogP contribution in [0.4, 0.5) is 20.2 Å². The van der Waals surface area contributed by atoms with E-state index in [-0.39, 0.29) is 38.6 Å². The number of fused-ring (bicyclic) bond motifs is 1. The van der Waals surface area contributed by atoms with Gasteiger partial charge in [-0.05, 0) is 18.2 Å². The molecule has 0 unspecified atom stereocenters. The van der Waals surface area contributed by atoms with E-state index in [0.29, 0.717) is 26.3 Å². The monoisotopic (exact) mass is 508 g/mol. The van der Waals surface area contributed by atoms with Gasteiger partial charge in [0.05, 0.1) is 52.8 Å². The summed E-state index contributed by atoms with van der Waals surface area (Å²) in [6.45, 7) is 3.00. The number of halogens is 3. The number of aromatic carboxylic acids is 1. The number of hydrogen-bond acceptors (Lipinski definition) is 7. The lowest BCUT2D eigenvalue weighted by atomic mass is 10.1. The Bertz CT molecular complexity index is 1360. The van der Waals surface area contributed by atoms with E-state index in [1.165, 1.54) is 10.6 Å². The van der Waals surface area contributed by atoms with Crippen LogP contribution in [-0.2, 0) is 11.3 Å². The van der Waals surface area contributed by atoms with Crippen molar-refractivity contribution < 1.29 is 28.5 Å². The van der Waals surface area contributed by atoms with Crippen LogP contribution >= 0.6 is 11.6 Å². The van der Waals surface area contributed by atoms with Gasteiger partial charge in [0.1, 0.15) is 17.2 Å². The highest BCUT2D eigenvalue weighted by Gasteiger charge is 2.23. The topological polar surface area (TPSA) is 130 Å². The van der Waals surface area contributed by atoms with Gasteiger partial charge < -0.3 is 30.6 Å². The number of carboxylic acid groups (broad SMARTS) is 1.